The number of hydrogen-bond donors (Lipinski definition) is 2. The molecule has 0 aromatic carbocycles. The van der Waals surface area contributed by atoms with Crippen LogP contribution in [0.2, 0.25) is 0 Å². The van der Waals surface area contributed by atoms with Gasteiger partial charge in [-0.3, -0.25) is 0 Å². The van der Waals surface area contributed by atoms with Gasteiger partial charge in [-0.1, -0.05) is 41.0 Å². The molecule has 0 bridgehead atoms. The van der Waals surface area contributed by atoms with Crippen molar-refractivity contribution in [1.82, 2.24) is 9.97 Å². The molecular formula is C15H28N4. The Morgan fingerprint density at radius 1 is 1.05 bits per heavy atom. The molecule has 1 rings (SSSR count). The summed E-state index contributed by atoms with van der Waals surface area (Å²) in [5.74, 6) is 3.75. The minimum Gasteiger partial charge on any atom is -0.370 e. The molecule has 0 fully saturated rings. The summed E-state index contributed by atoms with van der Waals surface area (Å²) in [6.45, 7) is 12.7. The molecule has 4 heteroatoms. The van der Waals surface area contributed by atoms with Crippen molar-refractivity contribution in [2.24, 2.45) is 5.92 Å². The van der Waals surface area contributed by atoms with E-state index in [1.54, 1.807) is 0 Å². The van der Waals surface area contributed by atoms with Gasteiger partial charge in [0.15, 0.2) is 0 Å². The molecule has 0 aliphatic rings. The Labute approximate surface area is 117 Å². The maximum Gasteiger partial charge on any atom is 0.135 e. The highest BCUT2D eigenvalue weighted by Crippen LogP contribution is 2.17. The lowest BCUT2D eigenvalue weighted by molar-refractivity contribution is 0.592. The van der Waals surface area contributed by atoms with E-state index in [0.717, 1.165) is 37.0 Å². The van der Waals surface area contributed by atoms with Crippen LogP contribution in [0.4, 0.5) is 11.6 Å². The summed E-state index contributed by atoms with van der Waals surface area (Å²) in [4.78, 5) is 9.14. The van der Waals surface area contributed by atoms with E-state index >= 15 is 0 Å². The van der Waals surface area contributed by atoms with Crippen LogP contribution in [0.1, 0.15) is 59.2 Å². The van der Waals surface area contributed by atoms with Crippen LogP contribution in [0, 0.1) is 5.92 Å². The van der Waals surface area contributed by atoms with Crippen molar-refractivity contribution in [2.45, 2.75) is 53.4 Å². The summed E-state index contributed by atoms with van der Waals surface area (Å²) in [5, 5.41) is 6.76. The van der Waals surface area contributed by atoms with Crippen LogP contribution >= 0.6 is 0 Å². The normalized spacial score (nSPS) is 12.5. The highest BCUT2D eigenvalue weighted by molar-refractivity contribution is 5.47. The lowest BCUT2D eigenvalue weighted by atomic mass is 10.1. The van der Waals surface area contributed by atoms with Crippen LogP contribution in [0.5, 0.6) is 0 Å². The van der Waals surface area contributed by atoms with Crippen molar-refractivity contribution in [1.29, 1.82) is 0 Å². The smallest absolute Gasteiger partial charge is 0.135 e. The first-order valence-corrected chi connectivity index (χ1v) is 7.43. The Hall–Kier alpha value is -1.32. The Morgan fingerprint density at radius 2 is 1.68 bits per heavy atom. The van der Waals surface area contributed by atoms with Crippen LogP contribution in [-0.2, 0) is 0 Å². The number of anilines is 2. The van der Waals surface area contributed by atoms with Gasteiger partial charge in [-0.25, -0.2) is 9.97 Å². The van der Waals surface area contributed by atoms with Gasteiger partial charge in [0.1, 0.15) is 17.5 Å². The standard InChI is InChI=1S/C15H28N4/c1-6-8-16-13-9-14(17-10-12(5)7-2)19-15(18-13)11(3)4/h9,11-12H,6-8,10H2,1-5H3,(H2,16,17,18,19). The molecule has 0 aliphatic carbocycles. The molecule has 19 heavy (non-hydrogen) atoms. The summed E-state index contributed by atoms with van der Waals surface area (Å²) in [5.41, 5.74) is 0. The summed E-state index contributed by atoms with van der Waals surface area (Å²) >= 11 is 0. The summed E-state index contributed by atoms with van der Waals surface area (Å²) in [7, 11) is 0. The molecule has 1 aromatic rings. The minimum atomic E-state index is 0.340. The van der Waals surface area contributed by atoms with Gasteiger partial charge in [0.25, 0.3) is 0 Å². The number of aromatic nitrogens is 2. The van der Waals surface area contributed by atoms with Crippen molar-refractivity contribution < 1.29 is 0 Å². The zero-order chi connectivity index (χ0) is 14.3. The second kappa shape index (κ2) is 7.97. The van der Waals surface area contributed by atoms with Crippen LogP contribution < -0.4 is 10.6 Å². The second-order valence-corrected chi connectivity index (χ2v) is 5.47. The van der Waals surface area contributed by atoms with Gasteiger partial charge < -0.3 is 10.6 Å². The van der Waals surface area contributed by atoms with E-state index in [0.29, 0.717) is 11.8 Å². The van der Waals surface area contributed by atoms with Crippen LogP contribution in [0.25, 0.3) is 0 Å². The number of hydrogen-bond acceptors (Lipinski definition) is 4. The Bertz CT molecular complexity index is 376. The Morgan fingerprint density at radius 3 is 2.21 bits per heavy atom. The zero-order valence-electron chi connectivity index (χ0n) is 13.0. The third-order valence-corrected chi connectivity index (χ3v) is 3.14. The molecule has 1 unspecified atom stereocenters. The third-order valence-electron chi connectivity index (χ3n) is 3.14. The van der Waals surface area contributed by atoms with Crippen molar-refractivity contribution in [2.75, 3.05) is 23.7 Å². The van der Waals surface area contributed by atoms with Gasteiger partial charge in [-0.2, -0.15) is 0 Å². The largest absolute Gasteiger partial charge is 0.370 e. The maximum absolute atomic E-state index is 4.59. The highest BCUT2D eigenvalue weighted by atomic mass is 15.1. The first-order chi connectivity index (χ1) is 9.06. The number of nitrogens with one attached hydrogen (secondary N) is 2. The molecule has 0 saturated heterocycles. The molecule has 0 radical (unpaired) electrons. The highest BCUT2D eigenvalue weighted by Gasteiger charge is 2.08. The monoisotopic (exact) mass is 264 g/mol. The van der Waals surface area contributed by atoms with Gasteiger partial charge in [0, 0.05) is 25.1 Å². The van der Waals surface area contributed by atoms with Gasteiger partial charge in [-0.05, 0) is 12.3 Å². The molecule has 0 amide bonds. The van der Waals surface area contributed by atoms with E-state index in [4.69, 9.17) is 0 Å². The van der Waals surface area contributed by atoms with Gasteiger partial charge in [-0.15, -0.1) is 0 Å². The lowest BCUT2D eigenvalue weighted by Crippen LogP contribution is -2.14. The van der Waals surface area contributed by atoms with Crippen LogP contribution in [0.3, 0.4) is 0 Å². The van der Waals surface area contributed by atoms with E-state index in [2.05, 4.69) is 55.2 Å². The van der Waals surface area contributed by atoms with E-state index in [9.17, 15) is 0 Å². The maximum atomic E-state index is 4.59. The molecule has 0 aliphatic heterocycles. The molecule has 2 N–H and O–H groups in total. The molecule has 1 atom stereocenters. The zero-order valence-corrected chi connectivity index (χ0v) is 13.0. The lowest BCUT2D eigenvalue weighted by Gasteiger charge is -2.14. The fourth-order valence-corrected chi connectivity index (χ4v) is 1.58. The first-order valence-electron chi connectivity index (χ1n) is 7.43. The van der Waals surface area contributed by atoms with Gasteiger partial charge >= 0.3 is 0 Å². The molecule has 0 saturated carbocycles. The Balaban J connectivity index is 2.80. The number of nitrogens with zero attached hydrogens (tertiary/aromatic N) is 2. The average molecular weight is 264 g/mol. The van der Waals surface area contributed by atoms with E-state index in [1.165, 1.54) is 6.42 Å². The van der Waals surface area contributed by atoms with Crippen molar-refractivity contribution in [3.05, 3.63) is 11.9 Å². The Kier molecular flexibility index (Phi) is 6.60. The summed E-state index contributed by atoms with van der Waals surface area (Å²) < 4.78 is 0. The average Bonchev–Trinajstić information content (AvgIpc) is 2.42. The van der Waals surface area contributed by atoms with E-state index in [-0.39, 0.29) is 0 Å². The fourth-order valence-electron chi connectivity index (χ4n) is 1.58. The minimum absolute atomic E-state index is 0.340. The van der Waals surface area contributed by atoms with E-state index < -0.39 is 0 Å². The van der Waals surface area contributed by atoms with Gasteiger partial charge in [0.2, 0.25) is 0 Å². The van der Waals surface area contributed by atoms with Crippen molar-refractivity contribution in [3.8, 4) is 0 Å². The summed E-state index contributed by atoms with van der Waals surface area (Å²) in [6.07, 6.45) is 2.27. The SMILES string of the molecule is CCCNc1cc(NCC(C)CC)nc(C(C)C)n1. The molecule has 108 valence electrons. The van der Waals surface area contributed by atoms with E-state index in [1.807, 2.05) is 6.07 Å². The van der Waals surface area contributed by atoms with Gasteiger partial charge in [0.05, 0.1) is 0 Å². The predicted octanol–water partition coefficient (Wildman–Crippen LogP) is 3.88. The molecule has 1 aromatic heterocycles. The van der Waals surface area contributed by atoms with Crippen LogP contribution in [0.15, 0.2) is 6.07 Å². The van der Waals surface area contributed by atoms with Crippen molar-refractivity contribution in [3.63, 3.8) is 0 Å². The molecular weight excluding hydrogens is 236 g/mol. The number of rotatable bonds is 8. The predicted molar refractivity (Wildman–Crippen MR) is 82.8 cm³/mol. The van der Waals surface area contributed by atoms with Crippen molar-refractivity contribution >= 4 is 11.6 Å². The fraction of sp³-hybridized carbons (Fsp3) is 0.733. The molecule has 1 heterocycles. The quantitative estimate of drug-likeness (QED) is 0.748. The second-order valence-electron chi connectivity index (χ2n) is 5.47. The topological polar surface area (TPSA) is 49.8 Å². The molecule has 4 nitrogen and oxygen atoms in total. The van der Waals surface area contributed by atoms with Crippen LogP contribution in [-0.4, -0.2) is 23.1 Å². The molecule has 0 spiro atoms. The first kappa shape index (κ1) is 15.7. The summed E-state index contributed by atoms with van der Waals surface area (Å²) in [6, 6.07) is 2.00. The third kappa shape index (κ3) is 5.45.